The lowest BCUT2D eigenvalue weighted by Crippen LogP contribution is -2.55. The number of nitrogens with one attached hydrogen (secondary N) is 1. The highest BCUT2D eigenvalue weighted by molar-refractivity contribution is 7.98. The van der Waals surface area contributed by atoms with Gasteiger partial charge in [-0.25, -0.2) is 0 Å². The summed E-state index contributed by atoms with van der Waals surface area (Å²) in [6.07, 6.45) is 6.51. The van der Waals surface area contributed by atoms with E-state index in [9.17, 15) is 4.79 Å². The summed E-state index contributed by atoms with van der Waals surface area (Å²) in [5.41, 5.74) is -0.0690. The molecule has 0 aromatic heterocycles. The Balaban J connectivity index is 1.79. The third-order valence-electron chi connectivity index (χ3n) is 3.82. The van der Waals surface area contributed by atoms with E-state index in [4.69, 9.17) is 0 Å². The summed E-state index contributed by atoms with van der Waals surface area (Å²) in [5, 5.41) is 3.46. The van der Waals surface area contributed by atoms with E-state index in [1.165, 1.54) is 12.8 Å². The molecule has 0 aromatic rings. The first-order chi connectivity index (χ1) is 7.65. The Bertz CT molecular complexity index is 258. The van der Waals surface area contributed by atoms with Gasteiger partial charge in [0.05, 0.1) is 0 Å². The van der Waals surface area contributed by atoms with Gasteiger partial charge >= 0.3 is 0 Å². The van der Waals surface area contributed by atoms with Crippen LogP contribution in [0.25, 0.3) is 0 Å². The van der Waals surface area contributed by atoms with Crippen molar-refractivity contribution in [3.63, 3.8) is 0 Å². The van der Waals surface area contributed by atoms with Crippen molar-refractivity contribution in [2.45, 2.75) is 38.6 Å². The van der Waals surface area contributed by atoms with Crippen molar-refractivity contribution in [2.75, 3.05) is 25.2 Å². The van der Waals surface area contributed by atoms with Crippen LogP contribution in [0.5, 0.6) is 0 Å². The molecule has 1 aliphatic carbocycles. The van der Waals surface area contributed by atoms with E-state index in [1.54, 1.807) is 11.8 Å². The van der Waals surface area contributed by atoms with Gasteiger partial charge in [0.2, 0.25) is 5.91 Å². The van der Waals surface area contributed by atoms with Crippen molar-refractivity contribution < 1.29 is 4.79 Å². The zero-order valence-corrected chi connectivity index (χ0v) is 11.1. The summed E-state index contributed by atoms with van der Waals surface area (Å²) >= 11 is 1.81. The second-order valence-corrected chi connectivity index (χ2v) is 6.17. The number of nitrogens with zero attached hydrogens (tertiary/aromatic N) is 1. The maximum atomic E-state index is 12.3. The molecule has 0 radical (unpaired) electrons. The second kappa shape index (κ2) is 4.96. The molecule has 1 saturated carbocycles. The van der Waals surface area contributed by atoms with Crippen molar-refractivity contribution in [3.05, 3.63) is 0 Å². The van der Waals surface area contributed by atoms with E-state index >= 15 is 0 Å². The minimum Gasteiger partial charge on any atom is -0.342 e. The maximum Gasteiger partial charge on any atom is 0.228 e. The van der Waals surface area contributed by atoms with Crippen LogP contribution in [0, 0.1) is 5.41 Å². The van der Waals surface area contributed by atoms with Crippen LogP contribution in [-0.2, 0) is 4.79 Å². The van der Waals surface area contributed by atoms with Crippen LogP contribution in [0.1, 0.15) is 32.6 Å². The van der Waals surface area contributed by atoms with E-state index in [1.807, 2.05) is 0 Å². The molecule has 0 unspecified atom stereocenters. The molecule has 0 spiro atoms. The highest BCUT2D eigenvalue weighted by atomic mass is 32.2. The maximum absolute atomic E-state index is 12.3. The quantitative estimate of drug-likeness (QED) is 0.761. The molecule has 2 rings (SSSR count). The fraction of sp³-hybridized carbons (Fsp3) is 0.917. The Labute approximate surface area is 102 Å². The molecule has 4 heteroatoms. The van der Waals surface area contributed by atoms with Crippen LogP contribution in [0.3, 0.4) is 0 Å². The highest BCUT2D eigenvalue weighted by Crippen LogP contribution is 2.42. The van der Waals surface area contributed by atoms with Gasteiger partial charge in [0.15, 0.2) is 0 Å². The fourth-order valence-corrected chi connectivity index (χ4v) is 3.25. The molecule has 2 aliphatic rings. The van der Waals surface area contributed by atoms with Crippen LogP contribution in [-0.4, -0.2) is 42.1 Å². The van der Waals surface area contributed by atoms with Crippen LogP contribution < -0.4 is 5.32 Å². The first-order valence-electron chi connectivity index (χ1n) is 6.17. The highest BCUT2D eigenvalue weighted by Gasteiger charge is 2.47. The topological polar surface area (TPSA) is 32.3 Å². The average Bonchev–Trinajstić information content (AvgIpc) is 2.74. The molecule has 0 bridgehead atoms. The molecule has 1 heterocycles. The van der Waals surface area contributed by atoms with Crippen molar-refractivity contribution in [1.29, 1.82) is 0 Å². The number of amides is 1. The molecule has 1 aliphatic heterocycles. The fourth-order valence-electron chi connectivity index (χ4n) is 2.85. The van der Waals surface area contributed by atoms with Gasteiger partial charge in [-0.15, -0.1) is 11.8 Å². The van der Waals surface area contributed by atoms with Crippen molar-refractivity contribution in [2.24, 2.45) is 5.41 Å². The Morgan fingerprint density at radius 1 is 1.44 bits per heavy atom. The molecule has 92 valence electrons. The van der Waals surface area contributed by atoms with Crippen LogP contribution in [0.15, 0.2) is 0 Å². The molecule has 16 heavy (non-hydrogen) atoms. The molecule has 1 amide bonds. The Morgan fingerprint density at radius 3 is 2.62 bits per heavy atom. The third-order valence-corrected chi connectivity index (χ3v) is 4.28. The van der Waals surface area contributed by atoms with Gasteiger partial charge in [-0.2, -0.15) is 0 Å². The number of rotatable bonds is 4. The Morgan fingerprint density at radius 2 is 2.06 bits per heavy atom. The van der Waals surface area contributed by atoms with E-state index in [0.29, 0.717) is 11.9 Å². The minimum absolute atomic E-state index is 0.0690. The number of thioether (sulfide) groups is 1. The first-order valence-corrected chi connectivity index (χ1v) is 7.57. The zero-order chi connectivity index (χ0) is 11.6. The standard InChI is InChI=1S/C12H22N2OS/c1-12(7-10(8-12)13-9-16-2)11(15)14-5-3-4-6-14/h10,13H,3-9H2,1-2H3. The number of hydrogen-bond donors (Lipinski definition) is 1. The first kappa shape index (κ1) is 12.2. The SMILES string of the molecule is CSCNC1CC(C)(C(=O)N2CCCC2)C1. The van der Waals surface area contributed by atoms with E-state index in [2.05, 4.69) is 23.4 Å². The summed E-state index contributed by atoms with van der Waals surface area (Å²) in [6, 6.07) is 0.559. The Kier molecular flexibility index (Phi) is 3.80. The van der Waals surface area contributed by atoms with Gasteiger partial charge in [0, 0.05) is 30.4 Å². The zero-order valence-electron chi connectivity index (χ0n) is 10.3. The van der Waals surface area contributed by atoms with Gasteiger partial charge < -0.3 is 10.2 Å². The van der Waals surface area contributed by atoms with Gasteiger partial charge in [0.25, 0.3) is 0 Å². The summed E-state index contributed by atoms with van der Waals surface area (Å²) in [5.74, 6) is 1.39. The summed E-state index contributed by atoms with van der Waals surface area (Å²) in [4.78, 5) is 14.3. The minimum atomic E-state index is -0.0690. The lowest BCUT2D eigenvalue weighted by molar-refractivity contribution is -0.146. The molecule has 1 N–H and O–H groups in total. The van der Waals surface area contributed by atoms with Crippen molar-refractivity contribution in [3.8, 4) is 0 Å². The van der Waals surface area contributed by atoms with Crippen LogP contribution in [0.2, 0.25) is 0 Å². The predicted octanol–water partition coefficient (Wildman–Crippen LogP) is 1.69. The molecule has 3 nitrogen and oxygen atoms in total. The van der Waals surface area contributed by atoms with E-state index in [0.717, 1.165) is 31.8 Å². The molecule has 1 saturated heterocycles. The summed E-state index contributed by atoms with van der Waals surface area (Å²) in [7, 11) is 0. The predicted molar refractivity (Wildman–Crippen MR) is 68.5 cm³/mol. The molecule has 2 fully saturated rings. The lowest BCUT2D eigenvalue weighted by atomic mass is 9.66. The Hall–Kier alpha value is -0.220. The van der Waals surface area contributed by atoms with Gasteiger partial charge in [-0.3, -0.25) is 4.79 Å². The lowest BCUT2D eigenvalue weighted by Gasteiger charge is -2.46. The summed E-state index contributed by atoms with van der Waals surface area (Å²) < 4.78 is 0. The monoisotopic (exact) mass is 242 g/mol. The van der Waals surface area contributed by atoms with Crippen molar-refractivity contribution >= 4 is 17.7 Å². The average molecular weight is 242 g/mol. The summed E-state index contributed by atoms with van der Waals surface area (Å²) in [6.45, 7) is 4.10. The molecular weight excluding hydrogens is 220 g/mol. The largest absolute Gasteiger partial charge is 0.342 e. The van der Waals surface area contributed by atoms with Crippen LogP contribution >= 0.6 is 11.8 Å². The van der Waals surface area contributed by atoms with Gasteiger partial charge in [0.1, 0.15) is 0 Å². The van der Waals surface area contributed by atoms with E-state index in [-0.39, 0.29) is 5.41 Å². The van der Waals surface area contributed by atoms with Crippen LogP contribution in [0.4, 0.5) is 0 Å². The molecule has 0 aromatic carbocycles. The smallest absolute Gasteiger partial charge is 0.228 e. The number of hydrogen-bond acceptors (Lipinski definition) is 3. The van der Waals surface area contributed by atoms with Gasteiger partial charge in [-0.1, -0.05) is 6.92 Å². The third kappa shape index (κ3) is 2.38. The number of carbonyl (C=O) groups excluding carboxylic acids is 1. The van der Waals surface area contributed by atoms with Crippen molar-refractivity contribution in [1.82, 2.24) is 10.2 Å². The number of likely N-dealkylation sites (tertiary alicyclic amines) is 1. The second-order valence-electron chi connectivity index (χ2n) is 5.30. The van der Waals surface area contributed by atoms with E-state index < -0.39 is 0 Å². The molecular formula is C12H22N2OS. The van der Waals surface area contributed by atoms with Gasteiger partial charge in [-0.05, 0) is 31.9 Å². The normalized spacial score (nSPS) is 33.9. The molecule has 0 atom stereocenters. The number of carbonyl (C=O) groups is 1.